The molecule has 19 heavy (non-hydrogen) atoms. The third-order valence-electron chi connectivity index (χ3n) is 3.16. The van der Waals surface area contributed by atoms with Crippen molar-refractivity contribution in [2.24, 2.45) is 5.73 Å². The van der Waals surface area contributed by atoms with Crippen LogP contribution < -0.4 is 5.73 Å². The van der Waals surface area contributed by atoms with Crippen molar-refractivity contribution in [2.75, 3.05) is 34.2 Å². The summed E-state index contributed by atoms with van der Waals surface area (Å²) in [6.45, 7) is 1.57. The van der Waals surface area contributed by atoms with Gasteiger partial charge in [-0.15, -0.1) is 0 Å². The number of benzene rings is 1. The van der Waals surface area contributed by atoms with Gasteiger partial charge in [0, 0.05) is 20.1 Å². The molecule has 0 aliphatic carbocycles. The Bertz CT molecular complexity index is 378. The van der Waals surface area contributed by atoms with Gasteiger partial charge in [0.15, 0.2) is 0 Å². The van der Waals surface area contributed by atoms with Crippen LogP contribution in [0.1, 0.15) is 12.0 Å². The molecule has 1 rings (SSSR count). The van der Waals surface area contributed by atoms with E-state index in [1.807, 2.05) is 39.3 Å². The number of nitrogens with two attached hydrogens (primary N) is 1. The molecule has 106 valence electrons. The Balaban J connectivity index is 2.36. The molecule has 4 nitrogen and oxygen atoms in total. The quantitative estimate of drug-likeness (QED) is 0.797. The Labute approximate surface area is 116 Å². The van der Waals surface area contributed by atoms with E-state index in [1.165, 1.54) is 5.56 Å². The van der Waals surface area contributed by atoms with E-state index in [9.17, 15) is 4.79 Å². The third kappa shape index (κ3) is 5.85. The van der Waals surface area contributed by atoms with Gasteiger partial charge in [0.05, 0.1) is 6.04 Å². The molecule has 0 heterocycles. The fourth-order valence-corrected chi connectivity index (χ4v) is 1.83. The van der Waals surface area contributed by atoms with Gasteiger partial charge in [0.2, 0.25) is 5.91 Å². The number of hydrogen-bond acceptors (Lipinski definition) is 3. The zero-order valence-corrected chi connectivity index (χ0v) is 12.2. The Morgan fingerprint density at radius 2 is 1.79 bits per heavy atom. The number of amides is 1. The summed E-state index contributed by atoms with van der Waals surface area (Å²) in [4.78, 5) is 15.8. The minimum absolute atomic E-state index is 0.0257. The number of carbonyl (C=O) groups excluding carboxylic acids is 1. The number of nitrogens with zero attached hydrogens (tertiary/aromatic N) is 2. The molecule has 1 unspecified atom stereocenters. The third-order valence-corrected chi connectivity index (χ3v) is 3.16. The van der Waals surface area contributed by atoms with E-state index in [-0.39, 0.29) is 5.91 Å². The van der Waals surface area contributed by atoms with Gasteiger partial charge in [-0.1, -0.05) is 30.3 Å². The van der Waals surface area contributed by atoms with E-state index < -0.39 is 6.04 Å². The van der Waals surface area contributed by atoms with E-state index >= 15 is 0 Å². The minimum Gasteiger partial charge on any atom is -0.343 e. The van der Waals surface area contributed by atoms with Gasteiger partial charge >= 0.3 is 0 Å². The van der Waals surface area contributed by atoms with E-state index in [0.717, 1.165) is 13.0 Å². The molecule has 0 aromatic heterocycles. The Morgan fingerprint density at radius 3 is 2.37 bits per heavy atom. The van der Waals surface area contributed by atoms with Crippen LogP contribution in [0.2, 0.25) is 0 Å². The van der Waals surface area contributed by atoms with Crippen LogP contribution in [0.4, 0.5) is 0 Å². The minimum atomic E-state index is -0.410. The van der Waals surface area contributed by atoms with Crippen LogP contribution in [0.3, 0.4) is 0 Å². The summed E-state index contributed by atoms with van der Waals surface area (Å²) in [6.07, 6.45) is 1.53. The highest BCUT2D eigenvalue weighted by molar-refractivity contribution is 5.81. The first-order valence-electron chi connectivity index (χ1n) is 6.70. The van der Waals surface area contributed by atoms with Crippen molar-refractivity contribution in [2.45, 2.75) is 18.9 Å². The van der Waals surface area contributed by atoms with Crippen molar-refractivity contribution in [3.63, 3.8) is 0 Å². The maximum atomic E-state index is 12.1. The highest BCUT2D eigenvalue weighted by Gasteiger charge is 2.17. The SMILES string of the molecule is CN(C)CCN(C)C(=O)C(N)CCc1ccccc1. The number of aryl methyl sites for hydroxylation is 1. The maximum Gasteiger partial charge on any atom is 0.239 e. The molecule has 2 N–H and O–H groups in total. The van der Waals surface area contributed by atoms with Gasteiger partial charge in [0.25, 0.3) is 0 Å². The van der Waals surface area contributed by atoms with Gasteiger partial charge in [-0.25, -0.2) is 0 Å². The average Bonchev–Trinajstić information content (AvgIpc) is 2.42. The second-order valence-corrected chi connectivity index (χ2v) is 5.19. The van der Waals surface area contributed by atoms with E-state index in [4.69, 9.17) is 5.73 Å². The molecule has 0 fully saturated rings. The fraction of sp³-hybridized carbons (Fsp3) is 0.533. The summed E-state index contributed by atoms with van der Waals surface area (Å²) in [5.41, 5.74) is 7.19. The smallest absolute Gasteiger partial charge is 0.239 e. The molecule has 0 aliphatic heterocycles. The molecular formula is C15H25N3O. The lowest BCUT2D eigenvalue weighted by atomic mass is 10.1. The van der Waals surface area contributed by atoms with Crippen molar-refractivity contribution >= 4 is 5.91 Å². The molecule has 0 saturated heterocycles. The summed E-state index contributed by atoms with van der Waals surface area (Å²) in [6, 6.07) is 9.72. The molecular weight excluding hydrogens is 238 g/mol. The Hall–Kier alpha value is -1.39. The summed E-state index contributed by atoms with van der Waals surface area (Å²) >= 11 is 0. The highest BCUT2D eigenvalue weighted by atomic mass is 16.2. The first-order valence-corrected chi connectivity index (χ1v) is 6.70. The first-order chi connectivity index (χ1) is 9.00. The van der Waals surface area contributed by atoms with Crippen molar-refractivity contribution in [3.05, 3.63) is 35.9 Å². The van der Waals surface area contributed by atoms with Gasteiger partial charge in [-0.3, -0.25) is 4.79 Å². The summed E-state index contributed by atoms with van der Waals surface area (Å²) in [5, 5.41) is 0. The molecule has 0 spiro atoms. The molecule has 1 amide bonds. The first kappa shape index (κ1) is 15.7. The zero-order chi connectivity index (χ0) is 14.3. The molecule has 0 bridgehead atoms. The predicted molar refractivity (Wildman–Crippen MR) is 78.9 cm³/mol. The van der Waals surface area contributed by atoms with Crippen molar-refractivity contribution in [3.8, 4) is 0 Å². The van der Waals surface area contributed by atoms with Crippen LogP contribution in [-0.2, 0) is 11.2 Å². The van der Waals surface area contributed by atoms with Crippen molar-refractivity contribution in [1.82, 2.24) is 9.80 Å². The molecule has 1 aromatic rings. The van der Waals surface area contributed by atoms with E-state index in [2.05, 4.69) is 17.0 Å². The monoisotopic (exact) mass is 263 g/mol. The lowest BCUT2D eigenvalue weighted by Gasteiger charge is -2.23. The van der Waals surface area contributed by atoms with Crippen LogP contribution in [-0.4, -0.2) is 56.0 Å². The summed E-state index contributed by atoms with van der Waals surface area (Å²) in [5.74, 6) is 0.0257. The van der Waals surface area contributed by atoms with Crippen molar-refractivity contribution < 1.29 is 4.79 Å². The summed E-state index contributed by atoms with van der Waals surface area (Å²) < 4.78 is 0. The van der Waals surface area contributed by atoms with E-state index in [1.54, 1.807) is 4.90 Å². The molecule has 0 saturated carbocycles. The predicted octanol–water partition coefficient (Wildman–Crippen LogP) is 0.967. The molecule has 1 atom stereocenters. The number of hydrogen-bond donors (Lipinski definition) is 1. The van der Waals surface area contributed by atoms with Gasteiger partial charge in [-0.2, -0.15) is 0 Å². The van der Waals surface area contributed by atoms with E-state index in [0.29, 0.717) is 13.0 Å². The Kier molecular flexibility index (Phi) is 6.53. The standard InChI is InChI=1S/C15H25N3O/c1-17(2)11-12-18(3)15(19)14(16)10-9-13-7-5-4-6-8-13/h4-8,14H,9-12,16H2,1-3H3. The van der Waals surface area contributed by atoms with Gasteiger partial charge < -0.3 is 15.5 Å². The van der Waals surface area contributed by atoms with Crippen LogP contribution >= 0.6 is 0 Å². The van der Waals surface area contributed by atoms with Crippen LogP contribution in [0, 0.1) is 0 Å². The lowest BCUT2D eigenvalue weighted by Crippen LogP contribution is -2.44. The molecule has 4 heteroatoms. The summed E-state index contributed by atoms with van der Waals surface area (Å²) in [7, 11) is 5.80. The zero-order valence-electron chi connectivity index (χ0n) is 12.2. The fourth-order valence-electron chi connectivity index (χ4n) is 1.83. The molecule has 0 aliphatic rings. The maximum absolute atomic E-state index is 12.1. The highest BCUT2D eigenvalue weighted by Crippen LogP contribution is 2.05. The van der Waals surface area contributed by atoms with Crippen LogP contribution in [0.5, 0.6) is 0 Å². The van der Waals surface area contributed by atoms with Crippen LogP contribution in [0.15, 0.2) is 30.3 Å². The Morgan fingerprint density at radius 1 is 1.16 bits per heavy atom. The van der Waals surface area contributed by atoms with Gasteiger partial charge in [0.1, 0.15) is 0 Å². The number of rotatable bonds is 7. The number of likely N-dealkylation sites (N-methyl/N-ethyl adjacent to an activating group) is 2. The second kappa shape index (κ2) is 7.92. The molecule has 0 radical (unpaired) electrons. The van der Waals surface area contributed by atoms with Crippen molar-refractivity contribution in [1.29, 1.82) is 0 Å². The topological polar surface area (TPSA) is 49.6 Å². The average molecular weight is 263 g/mol. The second-order valence-electron chi connectivity index (χ2n) is 5.19. The largest absolute Gasteiger partial charge is 0.343 e. The molecule has 1 aromatic carbocycles. The normalized spacial score (nSPS) is 12.5. The van der Waals surface area contributed by atoms with Gasteiger partial charge in [-0.05, 0) is 32.5 Å². The number of carbonyl (C=O) groups is 1. The van der Waals surface area contributed by atoms with Crippen LogP contribution in [0.25, 0.3) is 0 Å². The lowest BCUT2D eigenvalue weighted by molar-refractivity contribution is -0.131.